The first-order chi connectivity index (χ1) is 11.6. The van der Waals surface area contributed by atoms with E-state index in [4.69, 9.17) is 4.74 Å². The van der Waals surface area contributed by atoms with Gasteiger partial charge in [-0.2, -0.15) is 0 Å². The van der Waals surface area contributed by atoms with Crippen molar-refractivity contribution in [1.82, 2.24) is 0 Å². The molecule has 0 saturated carbocycles. The molecule has 6 heteroatoms. The van der Waals surface area contributed by atoms with Gasteiger partial charge in [-0.15, -0.1) is 0 Å². The van der Waals surface area contributed by atoms with E-state index in [9.17, 15) is 9.90 Å². The Morgan fingerprint density at radius 1 is 1.21 bits per heavy atom. The van der Waals surface area contributed by atoms with Crippen LogP contribution in [-0.4, -0.2) is 37.4 Å². The second kappa shape index (κ2) is 7.68. The summed E-state index contributed by atoms with van der Waals surface area (Å²) in [5.41, 5.74) is 2.97. The quantitative estimate of drug-likeness (QED) is 0.816. The smallest absolute Gasteiger partial charge is 0.337 e. The Morgan fingerprint density at radius 3 is 2.67 bits per heavy atom. The number of halogens is 1. The van der Waals surface area contributed by atoms with Crippen LogP contribution in [0.25, 0.3) is 0 Å². The minimum atomic E-state index is -0.916. The molecule has 0 bridgehead atoms. The number of carboxylic acid groups (broad SMARTS) is 1. The number of benzene rings is 2. The molecule has 0 unspecified atom stereocenters. The largest absolute Gasteiger partial charge is 0.478 e. The van der Waals surface area contributed by atoms with Crippen LogP contribution in [0.2, 0.25) is 0 Å². The highest BCUT2D eigenvalue weighted by Crippen LogP contribution is 2.26. The molecule has 126 valence electrons. The van der Waals surface area contributed by atoms with Crippen LogP contribution < -0.4 is 10.2 Å². The average Bonchev–Trinajstić information content (AvgIpc) is 2.61. The van der Waals surface area contributed by atoms with Gasteiger partial charge in [-0.25, -0.2) is 4.79 Å². The lowest BCUT2D eigenvalue weighted by atomic mass is 10.1. The minimum Gasteiger partial charge on any atom is -0.478 e. The predicted molar refractivity (Wildman–Crippen MR) is 97.9 cm³/mol. The van der Waals surface area contributed by atoms with E-state index >= 15 is 0 Å². The predicted octanol–water partition coefficient (Wildman–Crippen LogP) is 3.60. The number of ether oxygens (including phenoxy) is 1. The number of anilines is 2. The number of hydrogen-bond acceptors (Lipinski definition) is 4. The van der Waals surface area contributed by atoms with Gasteiger partial charge >= 0.3 is 5.97 Å². The van der Waals surface area contributed by atoms with Crippen molar-refractivity contribution >= 4 is 33.3 Å². The molecule has 2 N–H and O–H groups in total. The molecule has 1 heterocycles. The second-order valence-corrected chi connectivity index (χ2v) is 6.44. The van der Waals surface area contributed by atoms with Crippen molar-refractivity contribution in [2.75, 3.05) is 36.5 Å². The van der Waals surface area contributed by atoms with Crippen LogP contribution in [0.1, 0.15) is 15.9 Å². The van der Waals surface area contributed by atoms with Gasteiger partial charge in [-0.05, 0) is 29.8 Å². The van der Waals surface area contributed by atoms with Crippen LogP contribution >= 0.6 is 15.9 Å². The lowest BCUT2D eigenvalue weighted by Gasteiger charge is -2.30. The summed E-state index contributed by atoms with van der Waals surface area (Å²) < 4.78 is 6.37. The number of aromatic carboxylic acids is 1. The van der Waals surface area contributed by atoms with E-state index in [1.165, 1.54) is 0 Å². The number of carbonyl (C=O) groups is 1. The molecule has 0 radical (unpaired) electrons. The lowest BCUT2D eigenvalue weighted by molar-refractivity contribution is 0.0696. The van der Waals surface area contributed by atoms with Gasteiger partial charge in [0.1, 0.15) is 0 Å². The Labute approximate surface area is 149 Å². The first-order valence-electron chi connectivity index (χ1n) is 7.82. The molecule has 24 heavy (non-hydrogen) atoms. The van der Waals surface area contributed by atoms with E-state index in [1.54, 1.807) is 6.07 Å². The molecule has 2 aromatic carbocycles. The molecular weight excluding hydrogens is 372 g/mol. The summed E-state index contributed by atoms with van der Waals surface area (Å²) in [6.07, 6.45) is 0. The molecule has 1 aliphatic rings. The lowest BCUT2D eigenvalue weighted by Crippen LogP contribution is -2.37. The van der Waals surface area contributed by atoms with E-state index in [1.807, 2.05) is 36.4 Å². The van der Waals surface area contributed by atoms with Gasteiger partial charge in [0, 0.05) is 29.8 Å². The first kappa shape index (κ1) is 16.8. The highest BCUT2D eigenvalue weighted by molar-refractivity contribution is 9.10. The van der Waals surface area contributed by atoms with Crippen LogP contribution in [0.3, 0.4) is 0 Å². The summed E-state index contributed by atoms with van der Waals surface area (Å²) >= 11 is 3.52. The maximum absolute atomic E-state index is 11.7. The van der Waals surface area contributed by atoms with Crippen LogP contribution in [-0.2, 0) is 11.3 Å². The summed E-state index contributed by atoms with van der Waals surface area (Å²) in [7, 11) is 0. The third-order valence-corrected chi connectivity index (χ3v) is 4.79. The molecule has 0 spiro atoms. The number of morpholine rings is 1. The van der Waals surface area contributed by atoms with Gasteiger partial charge in [-0.3, -0.25) is 0 Å². The summed E-state index contributed by atoms with van der Waals surface area (Å²) in [5.74, 6) is -0.916. The number of nitrogens with one attached hydrogen (secondary N) is 1. The van der Waals surface area contributed by atoms with Crippen molar-refractivity contribution in [2.45, 2.75) is 6.54 Å². The third kappa shape index (κ3) is 3.88. The maximum atomic E-state index is 11.7. The molecule has 1 saturated heterocycles. The monoisotopic (exact) mass is 390 g/mol. The molecule has 5 nitrogen and oxygen atoms in total. The van der Waals surface area contributed by atoms with Crippen molar-refractivity contribution in [3.63, 3.8) is 0 Å². The summed E-state index contributed by atoms with van der Waals surface area (Å²) in [4.78, 5) is 13.7. The van der Waals surface area contributed by atoms with Gasteiger partial charge in [0.2, 0.25) is 0 Å². The summed E-state index contributed by atoms with van der Waals surface area (Å²) in [6.45, 7) is 3.30. The number of hydrogen-bond donors (Lipinski definition) is 2. The first-order valence-corrected chi connectivity index (χ1v) is 8.62. The molecule has 3 rings (SSSR count). The van der Waals surface area contributed by atoms with E-state index in [-0.39, 0.29) is 0 Å². The Balaban J connectivity index is 1.78. The van der Waals surface area contributed by atoms with Crippen LogP contribution in [0.4, 0.5) is 11.4 Å². The molecule has 0 aromatic heterocycles. The van der Waals surface area contributed by atoms with Gasteiger partial charge in [-0.1, -0.05) is 34.1 Å². The number of nitrogens with zero attached hydrogens (tertiary/aromatic N) is 1. The normalized spacial score (nSPS) is 14.5. The van der Waals surface area contributed by atoms with Crippen molar-refractivity contribution in [2.24, 2.45) is 0 Å². The fraction of sp³-hybridized carbons (Fsp3) is 0.278. The van der Waals surface area contributed by atoms with Gasteiger partial charge < -0.3 is 20.1 Å². The van der Waals surface area contributed by atoms with Gasteiger partial charge in [0.15, 0.2) is 0 Å². The molecule has 1 aliphatic heterocycles. The molecule has 1 fully saturated rings. The van der Waals surface area contributed by atoms with Crippen molar-refractivity contribution < 1.29 is 14.6 Å². The topological polar surface area (TPSA) is 61.8 Å². The third-order valence-electron chi connectivity index (χ3n) is 4.02. The van der Waals surface area contributed by atoms with Crippen molar-refractivity contribution in [1.29, 1.82) is 0 Å². The fourth-order valence-corrected chi connectivity index (χ4v) is 3.16. The zero-order chi connectivity index (χ0) is 16.9. The van der Waals surface area contributed by atoms with Crippen molar-refractivity contribution in [3.05, 3.63) is 58.1 Å². The molecular formula is C18H19BrN2O3. The maximum Gasteiger partial charge on any atom is 0.337 e. The van der Waals surface area contributed by atoms with E-state index in [0.29, 0.717) is 38.4 Å². The van der Waals surface area contributed by atoms with Crippen LogP contribution in [0, 0.1) is 0 Å². The SMILES string of the molecule is O=C(O)c1cc(NCc2ccccc2Br)ccc1N1CCOCC1. The standard InChI is InChI=1S/C18H19BrN2O3/c19-16-4-2-1-3-13(16)12-20-14-5-6-17(15(11-14)18(22)23)21-7-9-24-10-8-21/h1-6,11,20H,7-10,12H2,(H,22,23). The zero-order valence-electron chi connectivity index (χ0n) is 13.2. The van der Waals surface area contributed by atoms with Crippen LogP contribution in [0.15, 0.2) is 46.9 Å². The molecule has 2 aromatic rings. The summed E-state index contributed by atoms with van der Waals surface area (Å²) in [6, 6.07) is 13.5. The van der Waals surface area contributed by atoms with Crippen molar-refractivity contribution in [3.8, 4) is 0 Å². The van der Waals surface area contributed by atoms with Crippen LogP contribution in [0.5, 0.6) is 0 Å². The molecule has 0 atom stereocenters. The Hall–Kier alpha value is -2.05. The highest BCUT2D eigenvalue weighted by Gasteiger charge is 2.18. The van der Waals surface area contributed by atoms with E-state index < -0.39 is 5.97 Å². The zero-order valence-corrected chi connectivity index (χ0v) is 14.8. The average molecular weight is 391 g/mol. The number of carboxylic acids is 1. The number of rotatable bonds is 5. The van der Waals surface area contributed by atoms with Gasteiger partial charge in [0.25, 0.3) is 0 Å². The Bertz CT molecular complexity index is 730. The highest BCUT2D eigenvalue weighted by atomic mass is 79.9. The summed E-state index contributed by atoms with van der Waals surface area (Å²) in [5, 5.41) is 12.8. The molecule has 0 amide bonds. The Morgan fingerprint density at radius 2 is 1.96 bits per heavy atom. The molecule has 0 aliphatic carbocycles. The minimum absolute atomic E-state index is 0.314. The van der Waals surface area contributed by atoms with E-state index in [2.05, 4.69) is 26.1 Å². The Kier molecular flexibility index (Phi) is 5.37. The van der Waals surface area contributed by atoms with Gasteiger partial charge in [0.05, 0.1) is 24.5 Å². The van der Waals surface area contributed by atoms with E-state index in [0.717, 1.165) is 21.4 Å². The fourth-order valence-electron chi connectivity index (χ4n) is 2.74. The second-order valence-electron chi connectivity index (χ2n) is 5.58.